The number of hydrogen-bond acceptors (Lipinski definition) is 5. The Kier molecular flexibility index (Phi) is 6.22. The molecule has 128 valence electrons. The molecular formula is C17H19FN2O4. The van der Waals surface area contributed by atoms with Crippen molar-refractivity contribution in [3.8, 4) is 0 Å². The average molecular weight is 334 g/mol. The second kappa shape index (κ2) is 8.37. The Labute approximate surface area is 139 Å². The molecule has 6 nitrogen and oxygen atoms in total. The van der Waals surface area contributed by atoms with Gasteiger partial charge in [0.15, 0.2) is 5.82 Å². The van der Waals surface area contributed by atoms with E-state index < -0.39 is 16.8 Å². The number of anilines is 1. The van der Waals surface area contributed by atoms with Crippen LogP contribution < -0.4 is 4.90 Å². The molecule has 1 unspecified atom stereocenters. The maximum absolute atomic E-state index is 13.9. The number of rotatable bonds is 8. The molecule has 0 bridgehead atoms. The molecule has 0 aliphatic rings. The van der Waals surface area contributed by atoms with E-state index in [4.69, 9.17) is 4.74 Å². The number of likely N-dealkylation sites (N-methyl/N-ethyl adjacent to an activating group) is 1. The van der Waals surface area contributed by atoms with Crippen LogP contribution in [0.15, 0.2) is 48.5 Å². The van der Waals surface area contributed by atoms with E-state index in [9.17, 15) is 19.6 Å². The summed E-state index contributed by atoms with van der Waals surface area (Å²) >= 11 is 0. The third-order valence-electron chi connectivity index (χ3n) is 3.46. The molecule has 7 heteroatoms. The zero-order chi connectivity index (χ0) is 17.5. The molecule has 0 heterocycles. The van der Waals surface area contributed by atoms with E-state index in [0.717, 1.165) is 11.6 Å². The average Bonchev–Trinajstić information content (AvgIpc) is 2.55. The molecule has 0 saturated carbocycles. The van der Waals surface area contributed by atoms with Gasteiger partial charge in [-0.2, -0.15) is 0 Å². The van der Waals surface area contributed by atoms with Crippen molar-refractivity contribution in [1.29, 1.82) is 0 Å². The highest BCUT2D eigenvalue weighted by atomic mass is 19.1. The quantitative estimate of drug-likeness (QED) is 0.593. The number of hydrogen-bond donors (Lipinski definition) is 1. The fourth-order valence-electron chi connectivity index (χ4n) is 2.27. The summed E-state index contributed by atoms with van der Waals surface area (Å²) in [5, 5.41) is 20.6. The molecule has 0 aromatic heterocycles. The Balaban J connectivity index is 1.85. The van der Waals surface area contributed by atoms with Gasteiger partial charge >= 0.3 is 0 Å². The Bertz CT molecular complexity index is 682. The van der Waals surface area contributed by atoms with Crippen molar-refractivity contribution in [1.82, 2.24) is 0 Å². The fraction of sp³-hybridized carbons (Fsp3) is 0.294. The smallest absolute Gasteiger partial charge is 0.272 e. The Hall–Kier alpha value is -2.51. The van der Waals surface area contributed by atoms with Crippen LogP contribution in [0.4, 0.5) is 15.8 Å². The summed E-state index contributed by atoms with van der Waals surface area (Å²) in [5.41, 5.74) is 0.874. The minimum absolute atomic E-state index is 0.105. The van der Waals surface area contributed by atoms with E-state index in [-0.39, 0.29) is 24.5 Å². The van der Waals surface area contributed by atoms with E-state index >= 15 is 0 Å². The van der Waals surface area contributed by atoms with Crippen LogP contribution >= 0.6 is 0 Å². The molecule has 0 aliphatic heterocycles. The van der Waals surface area contributed by atoms with Crippen LogP contribution in [-0.4, -0.2) is 36.3 Å². The van der Waals surface area contributed by atoms with Crippen molar-refractivity contribution in [2.75, 3.05) is 25.1 Å². The van der Waals surface area contributed by atoms with E-state index in [1.165, 1.54) is 17.0 Å². The lowest BCUT2D eigenvalue weighted by atomic mass is 10.2. The van der Waals surface area contributed by atoms with Crippen molar-refractivity contribution in [3.05, 3.63) is 70.0 Å². The Morgan fingerprint density at radius 3 is 2.62 bits per heavy atom. The second-order valence-corrected chi connectivity index (χ2v) is 5.43. The topological polar surface area (TPSA) is 75.8 Å². The summed E-state index contributed by atoms with van der Waals surface area (Å²) in [7, 11) is 1.60. The van der Waals surface area contributed by atoms with Gasteiger partial charge in [0.05, 0.1) is 36.0 Å². The molecule has 24 heavy (non-hydrogen) atoms. The highest BCUT2D eigenvalue weighted by Gasteiger charge is 2.16. The summed E-state index contributed by atoms with van der Waals surface area (Å²) in [6.45, 7) is 0.630. The van der Waals surface area contributed by atoms with Gasteiger partial charge < -0.3 is 14.7 Å². The molecule has 0 fully saturated rings. The molecule has 1 atom stereocenters. The van der Waals surface area contributed by atoms with Gasteiger partial charge in [0.2, 0.25) is 0 Å². The molecule has 0 amide bonds. The summed E-state index contributed by atoms with van der Waals surface area (Å²) in [5.74, 6) is -0.705. The molecule has 0 radical (unpaired) electrons. The van der Waals surface area contributed by atoms with Crippen molar-refractivity contribution in [2.24, 2.45) is 0 Å². The molecule has 2 aromatic carbocycles. The maximum atomic E-state index is 13.9. The zero-order valence-electron chi connectivity index (χ0n) is 13.3. The van der Waals surface area contributed by atoms with Crippen LogP contribution in [0.5, 0.6) is 0 Å². The van der Waals surface area contributed by atoms with Crippen molar-refractivity contribution >= 4 is 11.4 Å². The molecular weight excluding hydrogens is 315 g/mol. The van der Waals surface area contributed by atoms with E-state index in [1.807, 2.05) is 30.3 Å². The number of halogens is 1. The Morgan fingerprint density at radius 2 is 2.00 bits per heavy atom. The van der Waals surface area contributed by atoms with Gasteiger partial charge in [-0.15, -0.1) is 0 Å². The van der Waals surface area contributed by atoms with E-state index in [2.05, 4.69) is 0 Å². The summed E-state index contributed by atoms with van der Waals surface area (Å²) in [4.78, 5) is 11.5. The van der Waals surface area contributed by atoms with Gasteiger partial charge in [-0.25, -0.2) is 4.39 Å². The molecule has 0 spiro atoms. The van der Waals surface area contributed by atoms with Gasteiger partial charge in [0.1, 0.15) is 0 Å². The molecule has 0 saturated heterocycles. The van der Waals surface area contributed by atoms with Gasteiger partial charge in [-0.3, -0.25) is 10.1 Å². The van der Waals surface area contributed by atoms with E-state index in [1.54, 1.807) is 7.05 Å². The van der Waals surface area contributed by atoms with Crippen LogP contribution in [0, 0.1) is 15.9 Å². The number of nitro groups is 1. The minimum atomic E-state index is -0.812. The number of non-ortho nitro benzene ring substituents is 1. The van der Waals surface area contributed by atoms with Gasteiger partial charge in [0, 0.05) is 19.7 Å². The van der Waals surface area contributed by atoms with Crippen molar-refractivity contribution in [3.63, 3.8) is 0 Å². The van der Waals surface area contributed by atoms with Gasteiger partial charge in [-0.1, -0.05) is 30.3 Å². The highest BCUT2D eigenvalue weighted by Crippen LogP contribution is 2.23. The van der Waals surface area contributed by atoms with Crippen molar-refractivity contribution in [2.45, 2.75) is 12.7 Å². The van der Waals surface area contributed by atoms with Gasteiger partial charge in [-0.05, 0) is 11.6 Å². The van der Waals surface area contributed by atoms with Crippen molar-refractivity contribution < 1.29 is 19.2 Å². The van der Waals surface area contributed by atoms with Gasteiger partial charge in [0.25, 0.3) is 5.69 Å². The first-order chi connectivity index (χ1) is 11.5. The summed E-state index contributed by atoms with van der Waals surface area (Å²) < 4.78 is 19.4. The number of benzene rings is 2. The van der Waals surface area contributed by atoms with Crippen LogP contribution in [0.25, 0.3) is 0 Å². The molecule has 1 N–H and O–H groups in total. The number of aliphatic hydroxyl groups is 1. The number of nitrogens with zero attached hydrogens (tertiary/aromatic N) is 2. The SMILES string of the molecule is CN(CC(O)COCc1ccccc1)c1ccc([N+](=O)[O-])cc1F. The van der Waals surface area contributed by atoms with E-state index in [0.29, 0.717) is 6.61 Å². The number of ether oxygens (including phenoxy) is 1. The normalized spacial score (nSPS) is 12.0. The molecule has 2 aromatic rings. The first-order valence-electron chi connectivity index (χ1n) is 7.42. The lowest BCUT2D eigenvalue weighted by Gasteiger charge is -2.23. The van der Waals surface area contributed by atoms with Crippen LogP contribution in [-0.2, 0) is 11.3 Å². The lowest BCUT2D eigenvalue weighted by Crippen LogP contribution is -2.32. The van der Waals surface area contributed by atoms with Crippen LogP contribution in [0.3, 0.4) is 0 Å². The minimum Gasteiger partial charge on any atom is -0.389 e. The first-order valence-corrected chi connectivity index (χ1v) is 7.42. The van der Waals surface area contributed by atoms with Crippen LogP contribution in [0.1, 0.15) is 5.56 Å². The summed E-state index contributed by atoms with van der Waals surface area (Å²) in [6, 6.07) is 13.0. The highest BCUT2D eigenvalue weighted by molar-refractivity contribution is 5.51. The second-order valence-electron chi connectivity index (χ2n) is 5.43. The monoisotopic (exact) mass is 334 g/mol. The Morgan fingerprint density at radius 1 is 1.29 bits per heavy atom. The molecule has 0 aliphatic carbocycles. The number of nitro benzene ring substituents is 1. The first kappa shape index (κ1) is 17.8. The fourth-order valence-corrected chi connectivity index (χ4v) is 2.27. The third-order valence-corrected chi connectivity index (χ3v) is 3.46. The third kappa shape index (κ3) is 5.00. The number of aliphatic hydroxyl groups excluding tert-OH is 1. The molecule has 2 rings (SSSR count). The van der Waals surface area contributed by atoms with Crippen LogP contribution in [0.2, 0.25) is 0 Å². The zero-order valence-corrected chi connectivity index (χ0v) is 13.3. The maximum Gasteiger partial charge on any atom is 0.272 e. The predicted molar refractivity (Wildman–Crippen MR) is 88.4 cm³/mol. The largest absolute Gasteiger partial charge is 0.389 e. The lowest BCUT2D eigenvalue weighted by molar-refractivity contribution is -0.385. The standard InChI is InChI=1S/C17H19FN2O4/c1-19(17-8-7-14(20(22)23)9-16(17)18)10-15(21)12-24-11-13-5-3-2-4-6-13/h2-9,15,21H,10-12H2,1H3. The predicted octanol–water partition coefficient (Wildman–Crippen LogP) is 2.75. The summed E-state index contributed by atoms with van der Waals surface area (Å²) in [6.07, 6.45) is -0.812.